The molecule has 35 heavy (non-hydrogen) atoms. The molecule has 0 bridgehead atoms. The number of hydrogen-bond acceptors (Lipinski definition) is 6. The summed E-state index contributed by atoms with van der Waals surface area (Å²) >= 11 is 1.53. The van der Waals surface area contributed by atoms with Crippen LogP contribution in [-0.2, 0) is 19.4 Å². The Hall–Kier alpha value is -3.07. The van der Waals surface area contributed by atoms with E-state index in [4.69, 9.17) is 0 Å². The van der Waals surface area contributed by atoms with E-state index in [0.29, 0.717) is 16.1 Å². The van der Waals surface area contributed by atoms with Crippen molar-refractivity contribution in [2.45, 2.75) is 32.2 Å². The number of rotatable bonds is 6. The molecular formula is C27H31N5O2S. The number of anilines is 2. The Kier molecular flexibility index (Phi) is 7.22. The maximum atomic E-state index is 13.5. The predicted molar refractivity (Wildman–Crippen MR) is 140 cm³/mol. The highest BCUT2D eigenvalue weighted by Gasteiger charge is 2.27. The van der Waals surface area contributed by atoms with Crippen LogP contribution in [0.5, 0.6) is 0 Å². The first kappa shape index (κ1) is 23.7. The average molecular weight is 490 g/mol. The van der Waals surface area contributed by atoms with E-state index in [1.54, 1.807) is 18.3 Å². The minimum absolute atomic E-state index is 0.164. The van der Waals surface area contributed by atoms with Crippen molar-refractivity contribution in [2.24, 2.45) is 0 Å². The van der Waals surface area contributed by atoms with Gasteiger partial charge in [-0.05, 0) is 68.1 Å². The van der Waals surface area contributed by atoms with Gasteiger partial charge in [0.05, 0.1) is 11.1 Å². The number of carbonyl (C=O) groups is 2. The van der Waals surface area contributed by atoms with E-state index in [9.17, 15) is 9.59 Å². The van der Waals surface area contributed by atoms with Gasteiger partial charge >= 0.3 is 0 Å². The number of aryl methyl sites for hydroxylation is 1. The van der Waals surface area contributed by atoms with Gasteiger partial charge in [0.15, 0.2) is 0 Å². The number of hydrogen-bond donors (Lipinski definition) is 2. The number of carbonyl (C=O) groups excluding carboxylic acids is 2. The highest BCUT2D eigenvalue weighted by atomic mass is 32.1. The lowest BCUT2D eigenvalue weighted by atomic mass is 9.95. The van der Waals surface area contributed by atoms with Crippen molar-refractivity contribution in [1.29, 1.82) is 0 Å². The Balaban J connectivity index is 1.34. The Bertz CT molecular complexity index is 1200. The van der Waals surface area contributed by atoms with Gasteiger partial charge in [0.25, 0.3) is 11.8 Å². The zero-order valence-corrected chi connectivity index (χ0v) is 20.9. The lowest BCUT2D eigenvalue weighted by Gasteiger charge is -2.32. The van der Waals surface area contributed by atoms with Crippen LogP contribution in [0.2, 0.25) is 0 Å². The lowest BCUT2D eigenvalue weighted by Crippen LogP contribution is -2.43. The topological polar surface area (TPSA) is 77.6 Å². The number of amides is 2. The lowest BCUT2D eigenvalue weighted by molar-refractivity contribution is 0.102. The molecule has 1 saturated heterocycles. The second kappa shape index (κ2) is 10.7. The molecule has 3 aromatic rings. The van der Waals surface area contributed by atoms with Crippen molar-refractivity contribution < 1.29 is 9.59 Å². The van der Waals surface area contributed by atoms with Gasteiger partial charge in [-0.1, -0.05) is 12.1 Å². The van der Waals surface area contributed by atoms with Gasteiger partial charge in [-0.2, -0.15) is 0 Å². The Labute approximate surface area is 210 Å². The van der Waals surface area contributed by atoms with Crippen LogP contribution in [0, 0.1) is 0 Å². The molecule has 2 N–H and O–H groups in total. The number of piperazine rings is 1. The smallest absolute Gasteiger partial charge is 0.258 e. The molecule has 3 heterocycles. The maximum absolute atomic E-state index is 13.5. The molecule has 2 aromatic heterocycles. The first-order chi connectivity index (χ1) is 17.1. The number of pyridine rings is 1. The molecule has 182 valence electrons. The van der Waals surface area contributed by atoms with E-state index in [1.165, 1.54) is 28.0 Å². The minimum Gasteiger partial charge on any atom is -0.322 e. The van der Waals surface area contributed by atoms with E-state index in [-0.39, 0.29) is 11.8 Å². The molecule has 0 unspecified atom stereocenters. The zero-order valence-electron chi connectivity index (χ0n) is 20.0. The summed E-state index contributed by atoms with van der Waals surface area (Å²) in [6.45, 7) is 5.13. The summed E-state index contributed by atoms with van der Waals surface area (Å²) in [5.74, 6) is -0.414. The van der Waals surface area contributed by atoms with Crippen molar-refractivity contribution in [3.63, 3.8) is 0 Å². The van der Waals surface area contributed by atoms with Crippen LogP contribution in [-0.4, -0.2) is 59.8 Å². The van der Waals surface area contributed by atoms with Gasteiger partial charge in [-0.3, -0.25) is 19.5 Å². The number of aromatic nitrogens is 1. The van der Waals surface area contributed by atoms with Gasteiger partial charge in [0.2, 0.25) is 0 Å². The van der Waals surface area contributed by atoms with Crippen molar-refractivity contribution in [2.75, 3.05) is 43.9 Å². The molecule has 0 atom stereocenters. The summed E-state index contributed by atoms with van der Waals surface area (Å²) in [6.07, 6.45) is 7.15. The fourth-order valence-corrected chi connectivity index (χ4v) is 6.05. The molecule has 2 amide bonds. The molecule has 8 heteroatoms. The molecular weight excluding hydrogens is 458 g/mol. The third-order valence-electron chi connectivity index (χ3n) is 6.74. The number of thiophene rings is 1. The Morgan fingerprint density at radius 2 is 1.83 bits per heavy atom. The van der Waals surface area contributed by atoms with E-state index >= 15 is 0 Å². The van der Waals surface area contributed by atoms with E-state index in [2.05, 4.69) is 44.6 Å². The van der Waals surface area contributed by atoms with Crippen LogP contribution in [0.25, 0.3) is 0 Å². The van der Waals surface area contributed by atoms with Crippen molar-refractivity contribution in [1.82, 2.24) is 14.8 Å². The van der Waals surface area contributed by atoms with E-state index in [1.807, 2.05) is 12.1 Å². The van der Waals surface area contributed by atoms with Crippen LogP contribution in [0.1, 0.15) is 49.6 Å². The summed E-state index contributed by atoms with van der Waals surface area (Å²) in [5.41, 5.74) is 4.12. The quantitative estimate of drug-likeness (QED) is 0.541. The van der Waals surface area contributed by atoms with Gasteiger partial charge in [0.1, 0.15) is 5.00 Å². The molecule has 0 saturated carbocycles. The standard InChI is InChI=1S/C27H31N5O2S/c1-31-12-14-32(15-13-31)18-19-6-4-8-21(16-19)29-26(34)24-22-9-2-3-10-23(22)35-27(24)30-25(33)20-7-5-11-28-17-20/h4-8,11,16-17H,2-3,9-10,12-15,18H2,1H3,(H,29,34)(H,30,33). The summed E-state index contributed by atoms with van der Waals surface area (Å²) in [6, 6.07) is 11.6. The highest BCUT2D eigenvalue weighted by Crippen LogP contribution is 2.38. The van der Waals surface area contributed by atoms with Gasteiger partial charge in [-0.15, -0.1) is 11.3 Å². The fraction of sp³-hybridized carbons (Fsp3) is 0.370. The van der Waals surface area contributed by atoms with Crippen LogP contribution in [0.3, 0.4) is 0 Å². The van der Waals surface area contributed by atoms with Gasteiger partial charge in [0, 0.05) is 55.7 Å². The third kappa shape index (κ3) is 5.61. The van der Waals surface area contributed by atoms with Gasteiger partial charge in [-0.25, -0.2) is 0 Å². The Morgan fingerprint density at radius 3 is 2.63 bits per heavy atom. The zero-order chi connectivity index (χ0) is 24.2. The molecule has 1 aliphatic heterocycles. The van der Waals surface area contributed by atoms with Crippen LogP contribution in [0.4, 0.5) is 10.7 Å². The average Bonchev–Trinajstić information content (AvgIpc) is 3.24. The Morgan fingerprint density at radius 1 is 1.00 bits per heavy atom. The largest absolute Gasteiger partial charge is 0.322 e. The third-order valence-corrected chi connectivity index (χ3v) is 7.94. The number of likely N-dealkylation sites (N-methyl/N-ethyl adjacent to an activating group) is 1. The summed E-state index contributed by atoms with van der Waals surface area (Å²) in [4.78, 5) is 36.4. The molecule has 1 aliphatic carbocycles. The highest BCUT2D eigenvalue weighted by molar-refractivity contribution is 7.17. The number of nitrogens with zero attached hydrogens (tertiary/aromatic N) is 3. The number of nitrogens with one attached hydrogen (secondary N) is 2. The molecule has 2 aliphatic rings. The fourth-order valence-electron chi connectivity index (χ4n) is 4.77. The molecule has 7 nitrogen and oxygen atoms in total. The van der Waals surface area contributed by atoms with Crippen LogP contribution in [0.15, 0.2) is 48.8 Å². The molecule has 0 radical (unpaired) electrons. The van der Waals surface area contributed by atoms with E-state index < -0.39 is 0 Å². The van der Waals surface area contributed by atoms with Gasteiger partial charge < -0.3 is 15.5 Å². The minimum atomic E-state index is -0.250. The normalized spacial score (nSPS) is 16.5. The second-order valence-corrected chi connectivity index (χ2v) is 10.4. The summed E-state index contributed by atoms with van der Waals surface area (Å²) in [5, 5.41) is 6.72. The number of fused-ring (bicyclic) bond motifs is 1. The van der Waals surface area contributed by atoms with Crippen molar-refractivity contribution in [3.05, 3.63) is 75.9 Å². The maximum Gasteiger partial charge on any atom is 0.258 e. The number of benzene rings is 1. The van der Waals surface area contributed by atoms with E-state index in [0.717, 1.165) is 69.7 Å². The molecule has 1 fully saturated rings. The predicted octanol–water partition coefficient (Wildman–Crippen LogP) is 4.27. The van der Waals surface area contributed by atoms with Crippen LogP contribution >= 0.6 is 11.3 Å². The SMILES string of the molecule is CN1CCN(Cc2cccc(NC(=O)c3c(NC(=O)c4cccnc4)sc4c3CCCC4)c2)CC1. The van der Waals surface area contributed by atoms with Crippen LogP contribution < -0.4 is 10.6 Å². The first-order valence-electron chi connectivity index (χ1n) is 12.2. The van der Waals surface area contributed by atoms with Crippen molar-refractivity contribution >= 4 is 33.8 Å². The first-order valence-corrected chi connectivity index (χ1v) is 13.1. The molecule has 5 rings (SSSR count). The molecule has 0 spiro atoms. The summed E-state index contributed by atoms with van der Waals surface area (Å²) < 4.78 is 0. The summed E-state index contributed by atoms with van der Waals surface area (Å²) in [7, 11) is 2.16. The monoisotopic (exact) mass is 489 g/mol. The molecule has 1 aromatic carbocycles. The van der Waals surface area contributed by atoms with Crippen molar-refractivity contribution in [3.8, 4) is 0 Å². The second-order valence-electron chi connectivity index (χ2n) is 9.34.